The van der Waals surface area contributed by atoms with Crippen LogP contribution in [0.2, 0.25) is 0 Å². The number of ether oxygens (including phenoxy) is 1. The van der Waals surface area contributed by atoms with Crippen molar-refractivity contribution < 1.29 is 19.2 Å². The summed E-state index contributed by atoms with van der Waals surface area (Å²) in [6, 6.07) is 6.82. The van der Waals surface area contributed by atoms with E-state index in [9.17, 15) is 14.5 Å². The fraction of sp³-hybridized carbons (Fsp3) is 0.586. The van der Waals surface area contributed by atoms with Gasteiger partial charge in [0.2, 0.25) is 0 Å². The molecule has 0 saturated heterocycles. The molecule has 0 aliphatic heterocycles. The van der Waals surface area contributed by atoms with E-state index in [0.29, 0.717) is 29.1 Å². The summed E-state index contributed by atoms with van der Waals surface area (Å²) in [6.07, 6.45) is 11.8. The summed E-state index contributed by atoms with van der Waals surface area (Å²) in [5, 5.41) is 2.39. The molecule has 0 spiro atoms. The maximum absolute atomic E-state index is 12.7. The van der Waals surface area contributed by atoms with E-state index < -0.39 is 0 Å². The number of benzene rings is 1. The Kier molecular flexibility index (Phi) is 6.18. The smallest absolute Gasteiger partial charge is 0.343 e. The first-order chi connectivity index (χ1) is 16.8. The fourth-order valence-electron chi connectivity index (χ4n) is 8.06. The normalized spacial score (nSPS) is 35.5. The molecule has 0 aromatic heterocycles. The van der Waals surface area contributed by atoms with Crippen LogP contribution in [0.1, 0.15) is 81.6 Å². The first-order valence-electron chi connectivity index (χ1n) is 12.9. The lowest BCUT2D eigenvalue weighted by Gasteiger charge is -2.56. The largest absolute Gasteiger partial charge is 0.427 e. The molecule has 6 unspecified atom stereocenters. The van der Waals surface area contributed by atoms with Gasteiger partial charge in [-0.25, -0.2) is 4.79 Å². The number of esters is 1. The molecule has 6 heteroatoms. The highest BCUT2D eigenvalue weighted by atomic mass is 16.7. The van der Waals surface area contributed by atoms with Gasteiger partial charge in [0.15, 0.2) is 5.34 Å². The van der Waals surface area contributed by atoms with E-state index in [1.165, 1.54) is 18.4 Å². The average Bonchev–Trinajstić information content (AvgIpc) is 3.21. The van der Waals surface area contributed by atoms with Crippen molar-refractivity contribution in [3.05, 3.63) is 63.8 Å². The fourth-order valence-corrected chi connectivity index (χ4v) is 8.06. The van der Waals surface area contributed by atoms with E-state index in [1.807, 2.05) is 0 Å². The van der Waals surface area contributed by atoms with Crippen LogP contribution in [0.15, 0.2) is 53.1 Å². The highest BCUT2D eigenvalue weighted by Gasteiger charge is 2.59. The zero-order valence-electron chi connectivity index (χ0n) is 20.9. The van der Waals surface area contributed by atoms with Crippen molar-refractivity contribution in [2.75, 3.05) is 0 Å². The number of fused-ring (bicyclic) bond motifs is 5. The predicted octanol–water partition coefficient (Wildman–Crippen LogP) is 6.70. The molecular formula is C29H35NO5. The number of hydrogen-bond donors (Lipinski definition) is 0. The Hall–Kier alpha value is -2.76. The van der Waals surface area contributed by atoms with Gasteiger partial charge in [-0.3, -0.25) is 4.79 Å². The van der Waals surface area contributed by atoms with Gasteiger partial charge in [0.25, 0.3) is 0 Å². The summed E-state index contributed by atoms with van der Waals surface area (Å²) in [7, 11) is 0. The van der Waals surface area contributed by atoms with Crippen LogP contribution in [-0.4, -0.2) is 11.8 Å². The second kappa shape index (κ2) is 9.03. The molecule has 35 heavy (non-hydrogen) atoms. The second-order valence-electron chi connectivity index (χ2n) is 11.5. The standard InChI is InChI=1S/C29H35NO5/c1-18(31)24-10-11-25-23-9-8-21-16-22(12-14-28(21,2)26(23)13-15-29(24,25)3)35-27(32)20-6-4-19(5-7-20)17-34-30-33/h4-8,16,23-26H,9-15,17H2,1-3H3. The molecule has 186 valence electrons. The molecule has 0 bridgehead atoms. The number of carbonyl (C=O) groups is 2. The van der Waals surface area contributed by atoms with Crippen LogP contribution in [0.4, 0.5) is 0 Å². The van der Waals surface area contributed by atoms with Crippen LogP contribution in [-0.2, 0) is 21.0 Å². The van der Waals surface area contributed by atoms with Gasteiger partial charge in [0.1, 0.15) is 18.1 Å². The van der Waals surface area contributed by atoms with Crippen LogP contribution in [0.5, 0.6) is 0 Å². The Labute approximate surface area is 207 Å². The van der Waals surface area contributed by atoms with Gasteiger partial charge in [-0.15, -0.1) is 4.91 Å². The van der Waals surface area contributed by atoms with Gasteiger partial charge in [-0.05, 0) is 103 Å². The molecule has 5 rings (SSSR count). The molecule has 0 N–H and O–H groups in total. The third-order valence-electron chi connectivity index (χ3n) is 9.92. The Morgan fingerprint density at radius 1 is 1.06 bits per heavy atom. The maximum atomic E-state index is 12.7. The van der Waals surface area contributed by atoms with Crippen molar-refractivity contribution in [2.45, 2.75) is 72.3 Å². The van der Waals surface area contributed by atoms with Crippen molar-refractivity contribution in [1.29, 1.82) is 0 Å². The Morgan fingerprint density at radius 2 is 1.83 bits per heavy atom. The number of rotatable bonds is 6. The lowest BCUT2D eigenvalue weighted by atomic mass is 9.48. The van der Waals surface area contributed by atoms with Crippen LogP contribution < -0.4 is 0 Å². The van der Waals surface area contributed by atoms with Gasteiger partial charge in [-0.1, -0.05) is 32.1 Å². The molecule has 4 aliphatic carbocycles. The minimum Gasteiger partial charge on any atom is -0.427 e. The third-order valence-corrected chi connectivity index (χ3v) is 9.92. The summed E-state index contributed by atoms with van der Waals surface area (Å²) in [5.74, 6) is 2.85. The molecule has 1 aromatic carbocycles. The lowest BCUT2D eigenvalue weighted by molar-refractivity contribution is -0.127. The Bertz CT molecular complexity index is 1090. The van der Waals surface area contributed by atoms with Gasteiger partial charge in [-0.2, -0.15) is 0 Å². The van der Waals surface area contributed by atoms with Crippen molar-refractivity contribution in [3.8, 4) is 0 Å². The van der Waals surface area contributed by atoms with Crippen molar-refractivity contribution >= 4 is 11.8 Å². The summed E-state index contributed by atoms with van der Waals surface area (Å²) >= 11 is 0. The molecular weight excluding hydrogens is 442 g/mol. The molecule has 0 heterocycles. The van der Waals surface area contributed by atoms with Crippen LogP contribution >= 0.6 is 0 Å². The van der Waals surface area contributed by atoms with Crippen molar-refractivity contribution in [3.63, 3.8) is 0 Å². The number of Topliss-reactive ketones (excluding diaryl/α,β-unsaturated/α-hetero) is 1. The van der Waals surface area contributed by atoms with Gasteiger partial charge < -0.3 is 9.57 Å². The molecule has 4 aliphatic rings. The molecule has 2 fully saturated rings. The number of nitrogens with zero attached hydrogens (tertiary/aromatic N) is 1. The first-order valence-corrected chi connectivity index (χ1v) is 12.9. The molecule has 0 amide bonds. The molecule has 1 aromatic rings. The minimum atomic E-state index is -0.371. The second-order valence-corrected chi connectivity index (χ2v) is 11.5. The summed E-state index contributed by atoms with van der Waals surface area (Å²) < 4.78 is 5.80. The van der Waals surface area contributed by atoms with E-state index in [2.05, 4.69) is 36.2 Å². The molecule has 6 atom stereocenters. The summed E-state index contributed by atoms with van der Waals surface area (Å²) in [5.41, 5.74) is 2.80. The number of hydrogen-bond acceptors (Lipinski definition) is 6. The van der Waals surface area contributed by atoms with E-state index in [0.717, 1.165) is 43.4 Å². The Balaban J connectivity index is 1.31. The number of allylic oxidation sites excluding steroid dienone is 4. The SMILES string of the molecule is CC(=O)C1CCC2C3CC=C4C=C(OC(=O)c5ccc(CON=O)cc5)CCC4(C)C3CCC12C. The van der Waals surface area contributed by atoms with E-state index in [-0.39, 0.29) is 29.3 Å². The first kappa shape index (κ1) is 24.0. The Morgan fingerprint density at radius 3 is 2.54 bits per heavy atom. The van der Waals surface area contributed by atoms with E-state index >= 15 is 0 Å². The quantitative estimate of drug-likeness (QED) is 0.259. The maximum Gasteiger partial charge on any atom is 0.343 e. The zero-order valence-corrected chi connectivity index (χ0v) is 20.9. The topological polar surface area (TPSA) is 82.0 Å². The minimum absolute atomic E-state index is 0.0777. The summed E-state index contributed by atoms with van der Waals surface area (Å²) in [6.45, 7) is 6.65. The number of carbonyl (C=O) groups excluding carboxylic acids is 2. The summed E-state index contributed by atoms with van der Waals surface area (Å²) in [4.78, 5) is 39.7. The molecule has 0 radical (unpaired) electrons. The average molecular weight is 478 g/mol. The van der Waals surface area contributed by atoms with Crippen molar-refractivity contribution in [1.82, 2.24) is 0 Å². The van der Waals surface area contributed by atoms with Gasteiger partial charge >= 0.3 is 5.97 Å². The molecule has 2 saturated carbocycles. The van der Waals surface area contributed by atoms with E-state index in [1.54, 1.807) is 31.2 Å². The van der Waals surface area contributed by atoms with E-state index in [4.69, 9.17) is 4.74 Å². The monoisotopic (exact) mass is 477 g/mol. The van der Waals surface area contributed by atoms with Gasteiger partial charge in [0.05, 0.1) is 5.56 Å². The van der Waals surface area contributed by atoms with Crippen LogP contribution in [0.25, 0.3) is 0 Å². The lowest BCUT2D eigenvalue weighted by Crippen LogP contribution is -2.49. The highest BCUT2D eigenvalue weighted by molar-refractivity contribution is 5.90. The number of ketones is 1. The molecule has 6 nitrogen and oxygen atoms in total. The third kappa shape index (κ3) is 4.05. The highest BCUT2D eigenvalue weighted by Crippen LogP contribution is 2.66. The van der Waals surface area contributed by atoms with Gasteiger partial charge in [0, 0.05) is 12.3 Å². The van der Waals surface area contributed by atoms with Crippen LogP contribution in [0.3, 0.4) is 0 Å². The predicted molar refractivity (Wildman–Crippen MR) is 132 cm³/mol. The zero-order chi connectivity index (χ0) is 24.8. The van der Waals surface area contributed by atoms with Crippen LogP contribution in [0, 0.1) is 39.4 Å². The van der Waals surface area contributed by atoms with Crippen molar-refractivity contribution in [2.24, 2.45) is 39.8 Å².